The number of nitrogens with one attached hydrogen (secondary N) is 1. The summed E-state index contributed by atoms with van der Waals surface area (Å²) < 4.78 is 7.01. The van der Waals surface area contributed by atoms with Crippen LogP contribution in [-0.4, -0.2) is 12.1 Å². The van der Waals surface area contributed by atoms with Gasteiger partial charge >= 0.3 is 0 Å². The molecule has 0 aliphatic carbocycles. The van der Waals surface area contributed by atoms with E-state index in [9.17, 15) is 0 Å². The van der Waals surface area contributed by atoms with Gasteiger partial charge in [-0.3, -0.25) is 0 Å². The topological polar surface area (TPSA) is 21.3 Å². The van der Waals surface area contributed by atoms with Gasteiger partial charge in [-0.25, -0.2) is 0 Å². The Labute approximate surface area is 105 Å². The highest BCUT2D eigenvalue weighted by Gasteiger charge is 2.23. The molecule has 0 saturated carbocycles. The Balaban J connectivity index is 0.00000112. The van der Waals surface area contributed by atoms with E-state index in [1.54, 1.807) is 0 Å². The second-order valence-electron chi connectivity index (χ2n) is 4.22. The minimum atomic E-state index is -0.126. The molecule has 0 amide bonds. The Bertz CT molecular complexity index is 354. The van der Waals surface area contributed by atoms with Crippen molar-refractivity contribution >= 4 is 28.3 Å². The summed E-state index contributed by atoms with van der Waals surface area (Å²) in [6.45, 7) is 5.94. The molecule has 0 atom stereocenters. The third-order valence-corrected chi connectivity index (χ3v) is 2.77. The molecular formula is C11H15BrClNO. The minimum absolute atomic E-state index is 0. The lowest BCUT2D eigenvalue weighted by Crippen LogP contribution is -2.37. The van der Waals surface area contributed by atoms with Gasteiger partial charge in [-0.15, -0.1) is 12.4 Å². The van der Waals surface area contributed by atoms with Crippen LogP contribution in [-0.2, 0) is 6.54 Å². The van der Waals surface area contributed by atoms with E-state index < -0.39 is 0 Å². The van der Waals surface area contributed by atoms with Gasteiger partial charge in [-0.2, -0.15) is 0 Å². The molecule has 1 aromatic carbocycles. The molecule has 4 heteroatoms. The fraction of sp³-hybridized carbons (Fsp3) is 0.455. The standard InChI is InChI=1S/C11H14BrNO.ClH/c1-11(2)7-13-6-8-5-9(12)3-4-10(8)14-11;/h3-5,13H,6-7H2,1-2H3;1H. The molecule has 1 heterocycles. The fourth-order valence-electron chi connectivity index (χ4n) is 1.62. The zero-order valence-electron chi connectivity index (χ0n) is 8.84. The smallest absolute Gasteiger partial charge is 0.124 e. The van der Waals surface area contributed by atoms with Gasteiger partial charge in [-0.05, 0) is 32.0 Å². The van der Waals surface area contributed by atoms with Crippen molar-refractivity contribution in [3.05, 3.63) is 28.2 Å². The number of halogens is 2. The first-order valence-electron chi connectivity index (χ1n) is 4.75. The van der Waals surface area contributed by atoms with E-state index in [0.717, 1.165) is 23.3 Å². The van der Waals surface area contributed by atoms with E-state index in [0.29, 0.717) is 0 Å². The SMILES string of the molecule is CC1(C)CNCc2cc(Br)ccc2O1.Cl. The predicted octanol–water partition coefficient (Wildman–Crippen LogP) is 3.13. The van der Waals surface area contributed by atoms with Crippen LogP contribution in [0, 0.1) is 0 Å². The van der Waals surface area contributed by atoms with Crippen LogP contribution in [0.1, 0.15) is 19.4 Å². The largest absolute Gasteiger partial charge is 0.486 e. The summed E-state index contributed by atoms with van der Waals surface area (Å²) >= 11 is 3.46. The Hall–Kier alpha value is -0.250. The molecule has 84 valence electrons. The van der Waals surface area contributed by atoms with Gasteiger partial charge in [-0.1, -0.05) is 15.9 Å². The van der Waals surface area contributed by atoms with Crippen LogP contribution in [0.15, 0.2) is 22.7 Å². The maximum Gasteiger partial charge on any atom is 0.124 e. The molecule has 0 spiro atoms. The van der Waals surface area contributed by atoms with Crippen LogP contribution in [0.2, 0.25) is 0 Å². The molecule has 1 aromatic rings. The van der Waals surface area contributed by atoms with Gasteiger partial charge in [0.25, 0.3) is 0 Å². The van der Waals surface area contributed by atoms with E-state index >= 15 is 0 Å². The molecule has 15 heavy (non-hydrogen) atoms. The molecule has 1 aliphatic rings. The van der Waals surface area contributed by atoms with Crippen molar-refractivity contribution < 1.29 is 4.74 Å². The molecule has 0 fully saturated rings. The van der Waals surface area contributed by atoms with Gasteiger partial charge in [0.2, 0.25) is 0 Å². The molecule has 0 radical (unpaired) electrons. The molecule has 0 aromatic heterocycles. The zero-order valence-corrected chi connectivity index (χ0v) is 11.2. The summed E-state index contributed by atoms with van der Waals surface area (Å²) in [6.07, 6.45) is 0. The van der Waals surface area contributed by atoms with E-state index in [-0.39, 0.29) is 18.0 Å². The Morgan fingerprint density at radius 3 is 2.87 bits per heavy atom. The normalized spacial score (nSPS) is 18.1. The molecule has 0 unspecified atom stereocenters. The minimum Gasteiger partial charge on any atom is -0.486 e. The van der Waals surface area contributed by atoms with Crippen molar-refractivity contribution in [2.75, 3.05) is 6.54 Å². The van der Waals surface area contributed by atoms with Crippen LogP contribution in [0.5, 0.6) is 5.75 Å². The maximum absolute atomic E-state index is 5.92. The van der Waals surface area contributed by atoms with Crippen molar-refractivity contribution in [2.45, 2.75) is 26.0 Å². The molecule has 0 bridgehead atoms. The van der Waals surface area contributed by atoms with Crippen molar-refractivity contribution in [1.29, 1.82) is 0 Å². The monoisotopic (exact) mass is 291 g/mol. The first-order chi connectivity index (χ1) is 6.57. The number of hydrogen-bond acceptors (Lipinski definition) is 2. The lowest BCUT2D eigenvalue weighted by molar-refractivity contribution is 0.115. The second-order valence-corrected chi connectivity index (χ2v) is 5.13. The maximum atomic E-state index is 5.92. The predicted molar refractivity (Wildman–Crippen MR) is 67.8 cm³/mol. The molecule has 2 nitrogen and oxygen atoms in total. The Morgan fingerprint density at radius 1 is 1.40 bits per heavy atom. The average molecular weight is 293 g/mol. The highest BCUT2D eigenvalue weighted by molar-refractivity contribution is 9.10. The summed E-state index contributed by atoms with van der Waals surface area (Å²) in [6, 6.07) is 6.14. The van der Waals surface area contributed by atoms with Crippen molar-refractivity contribution in [2.24, 2.45) is 0 Å². The molecule has 0 saturated heterocycles. The number of benzene rings is 1. The molecule has 1 aliphatic heterocycles. The van der Waals surface area contributed by atoms with Gasteiger partial charge in [0.1, 0.15) is 11.4 Å². The highest BCUT2D eigenvalue weighted by Crippen LogP contribution is 2.28. The van der Waals surface area contributed by atoms with E-state index in [1.165, 1.54) is 5.56 Å². The Kier molecular flexibility index (Phi) is 4.04. The fourth-order valence-corrected chi connectivity index (χ4v) is 2.03. The van der Waals surface area contributed by atoms with E-state index in [2.05, 4.69) is 41.2 Å². The summed E-state index contributed by atoms with van der Waals surface area (Å²) in [7, 11) is 0. The lowest BCUT2D eigenvalue weighted by atomic mass is 10.1. The number of fused-ring (bicyclic) bond motifs is 1. The van der Waals surface area contributed by atoms with Crippen molar-refractivity contribution in [1.82, 2.24) is 5.32 Å². The van der Waals surface area contributed by atoms with Crippen LogP contribution >= 0.6 is 28.3 Å². The lowest BCUT2D eigenvalue weighted by Gasteiger charge is -2.24. The van der Waals surface area contributed by atoms with Crippen LogP contribution in [0.25, 0.3) is 0 Å². The summed E-state index contributed by atoms with van der Waals surface area (Å²) in [5, 5.41) is 3.38. The number of ether oxygens (including phenoxy) is 1. The van der Waals surface area contributed by atoms with Gasteiger partial charge in [0, 0.05) is 23.1 Å². The summed E-state index contributed by atoms with van der Waals surface area (Å²) in [5.41, 5.74) is 1.09. The third kappa shape index (κ3) is 3.10. The average Bonchev–Trinajstić information content (AvgIpc) is 2.22. The first-order valence-corrected chi connectivity index (χ1v) is 5.54. The third-order valence-electron chi connectivity index (χ3n) is 2.27. The molecule has 2 rings (SSSR count). The quantitative estimate of drug-likeness (QED) is 0.793. The van der Waals surface area contributed by atoms with Crippen LogP contribution in [0.4, 0.5) is 0 Å². The van der Waals surface area contributed by atoms with Gasteiger partial charge in [0.05, 0.1) is 0 Å². The Morgan fingerprint density at radius 2 is 2.13 bits per heavy atom. The number of hydrogen-bond donors (Lipinski definition) is 1. The first kappa shape index (κ1) is 12.8. The van der Waals surface area contributed by atoms with Crippen LogP contribution < -0.4 is 10.1 Å². The number of rotatable bonds is 0. The molecule has 1 N–H and O–H groups in total. The van der Waals surface area contributed by atoms with Crippen molar-refractivity contribution in [3.8, 4) is 5.75 Å². The summed E-state index contributed by atoms with van der Waals surface area (Å²) in [4.78, 5) is 0. The van der Waals surface area contributed by atoms with Crippen molar-refractivity contribution in [3.63, 3.8) is 0 Å². The van der Waals surface area contributed by atoms with Crippen LogP contribution in [0.3, 0.4) is 0 Å². The molecular weight excluding hydrogens is 277 g/mol. The summed E-state index contributed by atoms with van der Waals surface area (Å²) in [5.74, 6) is 0.989. The zero-order chi connectivity index (χ0) is 10.2. The van der Waals surface area contributed by atoms with E-state index in [4.69, 9.17) is 4.74 Å². The second kappa shape index (κ2) is 4.73. The highest BCUT2D eigenvalue weighted by atomic mass is 79.9. The van der Waals surface area contributed by atoms with Gasteiger partial charge in [0.15, 0.2) is 0 Å². The van der Waals surface area contributed by atoms with Gasteiger partial charge < -0.3 is 10.1 Å². The van der Waals surface area contributed by atoms with E-state index in [1.807, 2.05) is 12.1 Å².